The number of aliphatic imine (C=N–C) groups is 1. The highest BCUT2D eigenvalue weighted by molar-refractivity contribution is 6.30. The van der Waals surface area contributed by atoms with Crippen molar-refractivity contribution in [3.05, 3.63) is 86.6 Å². The maximum absolute atomic E-state index is 12.1. The van der Waals surface area contributed by atoms with Gasteiger partial charge in [0.2, 0.25) is 0 Å². The van der Waals surface area contributed by atoms with Crippen molar-refractivity contribution in [1.82, 2.24) is 14.3 Å². The molecule has 0 saturated heterocycles. The average Bonchev–Trinajstić information content (AvgIpc) is 3.23. The van der Waals surface area contributed by atoms with Gasteiger partial charge in [0.05, 0.1) is 12.3 Å². The van der Waals surface area contributed by atoms with Crippen LogP contribution in [0, 0.1) is 0 Å². The Morgan fingerprint density at radius 1 is 1.17 bits per heavy atom. The zero-order valence-corrected chi connectivity index (χ0v) is 17.8. The Balaban J connectivity index is 1.86. The normalized spacial score (nSPS) is 18.8. The number of aromatic nitrogens is 3. The second-order valence-corrected chi connectivity index (χ2v) is 8.08. The Labute approximate surface area is 175 Å². The summed E-state index contributed by atoms with van der Waals surface area (Å²) in [4.78, 5) is 17.2. The van der Waals surface area contributed by atoms with Crippen molar-refractivity contribution in [1.29, 1.82) is 0 Å². The molecule has 0 bridgehead atoms. The molecule has 3 aromatic rings. The van der Waals surface area contributed by atoms with Crippen molar-refractivity contribution in [2.45, 2.75) is 38.1 Å². The van der Waals surface area contributed by atoms with E-state index in [2.05, 4.69) is 36.3 Å². The molecular formula is C23H25ClN4O. The van der Waals surface area contributed by atoms with Crippen LogP contribution in [0.25, 0.3) is 0 Å². The van der Waals surface area contributed by atoms with Crippen LogP contribution in [0.1, 0.15) is 42.3 Å². The molecule has 6 heteroatoms. The average molecular weight is 409 g/mol. The third kappa shape index (κ3) is 3.33. The van der Waals surface area contributed by atoms with Crippen LogP contribution in [0.4, 0.5) is 0 Å². The second kappa shape index (κ2) is 7.64. The Morgan fingerprint density at radius 2 is 1.90 bits per heavy atom. The van der Waals surface area contributed by atoms with Gasteiger partial charge in [-0.15, -0.1) is 0 Å². The summed E-state index contributed by atoms with van der Waals surface area (Å²) in [5.74, 6) is 0.654. The van der Waals surface area contributed by atoms with Crippen LogP contribution in [0.3, 0.4) is 0 Å². The number of hydrogen-bond acceptors (Lipinski definition) is 3. The summed E-state index contributed by atoms with van der Waals surface area (Å²) in [5, 5.41) is 5.05. The molecule has 1 aromatic heterocycles. The fourth-order valence-corrected chi connectivity index (χ4v) is 4.62. The van der Waals surface area contributed by atoms with Crippen LogP contribution < -0.4 is 5.69 Å². The minimum atomic E-state index is -0.155. The molecule has 2 aromatic carbocycles. The van der Waals surface area contributed by atoms with Gasteiger partial charge in [0.25, 0.3) is 0 Å². The van der Waals surface area contributed by atoms with Crippen LogP contribution in [-0.2, 0) is 32.5 Å². The van der Waals surface area contributed by atoms with E-state index in [9.17, 15) is 4.79 Å². The van der Waals surface area contributed by atoms with E-state index in [0.717, 1.165) is 30.5 Å². The zero-order valence-electron chi connectivity index (χ0n) is 17.0. The maximum Gasteiger partial charge on any atom is 0.345 e. The highest BCUT2D eigenvalue weighted by atomic mass is 35.5. The lowest BCUT2D eigenvalue weighted by Gasteiger charge is -2.32. The lowest BCUT2D eigenvalue weighted by molar-refractivity contribution is 0.546. The van der Waals surface area contributed by atoms with Gasteiger partial charge in [-0.3, -0.25) is 9.56 Å². The van der Waals surface area contributed by atoms with E-state index in [0.29, 0.717) is 17.4 Å². The first kappa shape index (κ1) is 19.6. The number of hydrogen-bond donors (Lipinski definition) is 0. The van der Waals surface area contributed by atoms with E-state index in [1.54, 1.807) is 18.7 Å². The summed E-state index contributed by atoms with van der Waals surface area (Å²) in [6, 6.07) is 16.6. The fourth-order valence-electron chi connectivity index (χ4n) is 4.49. The van der Waals surface area contributed by atoms with Crippen molar-refractivity contribution in [3.63, 3.8) is 0 Å². The molecule has 4 rings (SSSR count). The predicted molar refractivity (Wildman–Crippen MR) is 117 cm³/mol. The Morgan fingerprint density at radius 3 is 2.55 bits per heavy atom. The van der Waals surface area contributed by atoms with Gasteiger partial charge >= 0.3 is 5.69 Å². The van der Waals surface area contributed by atoms with Crippen LogP contribution in [0.2, 0.25) is 5.02 Å². The molecule has 0 N–H and O–H groups in total. The molecule has 0 radical (unpaired) electrons. The SMILES string of the molecule is CC[C@@]1(/C(=N\Cc2nn(C)c(=O)n2C)c2ccc(Cl)cc2)CCc2ccccc21. The maximum atomic E-state index is 12.1. The van der Waals surface area contributed by atoms with E-state index in [1.165, 1.54) is 15.8 Å². The number of nitrogens with zero attached hydrogens (tertiary/aromatic N) is 4. The van der Waals surface area contributed by atoms with Crippen LogP contribution in [0.5, 0.6) is 0 Å². The monoisotopic (exact) mass is 408 g/mol. The minimum absolute atomic E-state index is 0.139. The topological polar surface area (TPSA) is 52.2 Å². The molecule has 0 aliphatic heterocycles. The molecule has 1 aliphatic carbocycles. The standard InChI is InChI=1S/C23H25ClN4O/c1-4-23(14-13-16-7-5-6-8-19(16)23)21(17-9-11-18(24)12-10-17)25-15-20-26-28(3)22(29)27(20)2/h5-12H,4,13-15H2,1-3H3/b25-21-/t23-/m1/s1. The molecule has 0 unspecified atom stereocenters. The number of aryl methyl sites for hydroxylation is 2. The summed E-state index contributed by atoms with van der Waals surface area (Å²) in [6.45, 7) is 2.58. The number of rotatable bonds is 5. The lowest BCUT2D eigenvalue weighted by atomic mass is 9.72. The summed E-state index contributed by atoms with van der Waals surface area (Å²) in [7, 11) is 3.40. The largest absolute Gasteiger partial charge is 0.345 e. The van der Waals surface area contributed by atoms with E-state index >= 15 is 0 Å². The van der Waals surface area contributed by atoms with Gasteiger partial charge < -0.3 is 0 Å². The predicted octanol–water partition coefficient (Wildman–Crippen LogP) is 4.06. The van der Waals surface area contributed by atoms with Gasteiger partial charge in [0, 0.05) is 24.5 Å². The molecule has 5 nitrogen and oxygen atoms in total. The quantitative estimate of drug-likeness (QED) is 0.598. The van der Waals surface area contributed by atoms with Crippen LogP contribution in [0.15, 0.2) is 58.3 Å². The van der Waals surface area contributed by atoms with E-state index < -0.39 is 0 Å². The lowest BCUT2D eigenvalue weighted by Crippen LogP contribution is -2.34. The summed E-state index contributed by atoms with van der Waals surface area (Å²) in [6.07, 6.45) is 3.01. The molecular weight excluding hydrogens is 384 g/mol. The highest BCUT2D eigenvalue weighted by Gasteiger charge is 2.42. The van der Waals surface area contributed by atoms with E-state index in [1.807, 2.05) is 24.3 Å². The van der Waals surface area contributed by atoms with Crippen LogP contribution in [-0.4, -0.2) is 20.1 Å². The van der Waals surface area contributed by atoms with Gasteiger partial charge in [0.15, 0.2) is 5.82 Å². The minimum Gasteiger partial charge on any atom is -0.280 e. The van der Waals surface area contributed by atoms with Gasteiger partial charge in [-0.2, -0.15) is 5.10 Å². The molecule has 150 valence electrons. The Bertz CT molecular complexity index is 1130. The van der Waals surface area contributed by atoms with E-state index in [4.69, 9.17) is 16.6 Å². The molecule has 0 spiro atoms. The molecule has 29 heavy (non-hydrogen) atoms. The third-order valence-electron chi connectivity index (χ3n) is 6.12. The van der Waals surface area contributed by atoms with Crippen molar-refractivity contribution in [2.24, 2.45) is 19.1 Å². The number of halogens is 1. The summed E-state index contributed by atoms with van der Waals surface area (Å²) >= 11 is 6.15. The van der Waals surface area contributed by atoms with Crippen molar-refractivity contribution in [2.75, 3.05) is 0 Å². The summed E-state index contributed by atoms with van der Waals surface area (Å²) < 4.78 is 2.91. The third-order valence-corrected chi connectivity index (χ3v) is 6.38. The Hall–Kier alpha value is -2.66. The van der Waals surface area contributed by atoms with Gasteiger partial charge in [-0.05, 0) is 48.1 Å². The first-order valence-electron chi connectivity index (χ1n) is 9.94. The molecule has 1 heterocycles. The van der Waals surface area contributed by atoms with Crippen molar-refractivity contribution < 1.29 is 0 Å². The van der Waals surface area contributed by atoms with Crippen LogP contribution >= 0.6 is 11.6 Å². The Kier molecular flexibility index (Phi) is 5.17. The fraction of sp³-hybridized carbons (Fsp3) is 0.348. The highest BCUT2D eigenvalue weighted by Crippen LogP contribution is 2.44. The zero-order chi connectivity index (χ0) is 20.6. The smallest absolute Gasteiger partial charge is 0.280 e. The molecule has 1 aliphatic rings. The first-order valence-corrected chi connectivity index (χ1v) is 10.3. The van der Waals surface area contributed by atoms with Gasteiger partial charge in [0.1, 0.15) is 0 Å². The van der Waals surface area contributed by atoms with Gasteiger partial charge in [-0.25, -0.2) is 9.48 Å². The van der Waals surface area contributed by atoms with Gasteiger partial charge in [-0.1, -0.05) is 54.9 Å². The molecule has 0 saturated carbocycles. The van der Waals surface area contributed by atoms with Crippen molar-refractivity contribution >= 4 is 17.3 Å². The second-order valence-electron chi connectivity index (χ2n) is 7.65. The molecule has 0 fully saturated rings. The molecule has 0 amide bonds. The first-order chi connectivity index (χ1) is 14.0. The summed E-state index contributed by atoms with van der Waals surface area (Å²) in [5.41, 5.74) is 4.55. The molecule has 1 atom stereocenters. The van der Waals surface area contributed by atoms with E-state index in [-0.39, 0.29) is 11.1 Å². The number of fused-ring (bicyclic) bond motifs is 1. The number of benzene rings is 2. The van der Waals surface area contributed by atoms with Crippen molar-refractivity contribution in [3.8, 4) is 0 Å².